The highest BCUT2D eigenvalue weighted by molar-refractivity contribution is 6.46. The summed E-state index contributed by atoms with van der Waals surface area (Å²) in [5.74, 6) is 0.761. The third-order valence-corrected chi connectivity index (χ3v) is 6.85. The molecule has 1 atom stereocenters. The number of ether oxygens (including phenoxy) is 4. The van der Waals surface area contributed by atoms with Gasteiger partial charge in [0.25, 0.3) is 11.7 Å². The van der Waals surface area contributed by atoms with E-state index in [9.17, 15) is 14.7 Å². The Balaban J connectivity index is 1.58. The highest BCUT2D eigenvalue weighted by Gasteiger charge is 2.46. The zero-order valence-corrected chi connectivity index (χ0v) is 22.7. The number of ketones is 1. The summed E-state index contributed by atoms with van der Waals surface area (Å²) in [7, 11) is 0. The first-order valence-corrected chi connectivity index (χ1v) is 13.6. The number of rotatable bonds is 11. The normalized spacial score (nSPS) is 17.8. The Morgan fingerprint density at radius 2 is 1.80 bits per heavy atom. The third kappa shape index (κ3) is 5.50. The summed E-state index contributed by atoms with van der Waals surface area (Å²) >= 11 is 0. The van der Waals surface area contributed by atoms with E-state index in [1.54, 1.807) is 48.5 Å². The molecular formula is C31H33NO8. The van der Waals surface area contributed by atoms with Crippen molar-refractivity contribution in [3.05, 3.63) is 77.3 Å². The fraction of sp³-hybridized carbons (Fsp3) is 0.355. The van der Waals surface area contributed by atoms with Crippen LogP contribution >= 0.6 is 0 Å². The van der Waals surface area contributed by atoms with Crippen LogP contribution in [0.2, 0.25) is 0 Å². The topological polar surface area (TPSA) is 108 Å². The fourth-order valence-corrected chi connectivity index (χ4v) is 4.92. The summed E-state index contributed by atoms with van der Waals surface area (Å²) in [5.41, 5.74) is 0.896. The summed E-state index contributed by atoms with van der Waals surface area (Å²) in [6.45, 7) is 5.80. The molecule has 1 saturated heterocycles. The van der Waals surface area contributed by atoms with Gasteiger partial charge in [-0.1, -0.05) is 25.8 Å². The van der Waals surface area contributed by atoms with E-state index in [1.807, 2.05) is 6.92 Å². The van der Waals surface area contributed by atoms with E-state index in [1.165, 1.54) is 11.2 Å². The van der Waals surface area contributed by atoms with Crippen LogP contribution in [0.15, 0.2) is 64.8 Å². The van der Waals surface area contributed by atoms with Gasteiger partial charge in [-0.3, -0.25) is 9.59 Å². The molecule has 3 aromatic rings. The van der Waals surface area contributed by atoms with Gasteiger partial charge in [-0.05, 0) is 61.4 Å². The molecule has 0 aliphatic carbocycles. The van der Waals surface area contributed by atoms with Crippen LogP contribution in [0.1, 0.15) is 56.0 Å². The van der Waals surface area contributed by atoms with Crippen LogP contribution in [0.5, 0.6) is 23.0 Å². The molecule has 1 amide bonds. The number of carbonyl (C=O) groups is 2. The van der Waals surface area contributed by atoms with Crippen molar-refractivity contribution >= 4 is 17.4 Å². The van der Waals surface area contributed by atoms with Gasteiger partial charge in [-0.15, -0.1) is 0 Å². The van der Waals surface area contributed by atoms with Gasteiger partial charge in [0.2, 0.25) is 0 Å². The highest BCUT2D eigenvalue weighted by Crippen LogP contribution is 2.43. The number of Topliss-reactive ketones (excluding diaryl/α,β-unsaturated/α-hetero) is 1. The number of likely N-dealkylation sites (tertiary alicyclic amines) is 1. The van der Waals surface area contributed by atoms with Crippen LogP contribution in [0.4, 0.5) is 0 Å². The maximum absolute atomic E-state index is 13.5. The average Bonchev–Trinajstić information content (AvgIpc) is 3.58. The van der Waals surface area contributed by atoms with Crippen molar-refractivity contribution in [3.8, 4) is 23.0 Å². The minimum atomic E-state index is -0.897. The zero-order valence-electron chi connectivity index (χ0n) is 22.7. The Bertz CT molecular complexity index is 1390. The van der Waals surface area contributed by atoms with E-state index in [-0.39, 0.29) is 17.9 Å². The van der Waals surface area contributed by atoms with Crippen molar-refractivity contribution in [3.63, 3.8) is 0 Å². The van der Waals surface area contributed by atoms with Gasteiger partial charge in [0.1, 0.15) is 24.7 Å². The molecular weight excluding hydrogens is 514 g/mol. The second-order valence-electron chi connectivity index (χ2n) is 9.56. The molecule has 0 radical (unpaired) electrons. The minimum absolute atomic E-state index is 0.0349. The molecule has 1 fully saturated rings. The standard InChI is InChI=1S/C31H33NO8/c1-3-5-6-13-38-23-11-9-20(17-25(23)36-4-2)28-27(30(34)31(35)32(28)19-22-8-7-14-37-22)29(33)21-10-12-24-26(18-21)40-16-15-39-24/h7-12,14,17-18,28,33H,3-6,13,15-16,19H2,1-2H3/b29-27-. The van der Waals surface area contributed by atoms with Crippen LogP contribution in [0.3, 0.4) is 0 Å². The van der Waals surface area contributed by atoms with Crippen molar-refractivity contribution in [1.82, 2.24) is 4.90 Å². The van der Waals surface area contributed by atoms with E-state index in [0.717, 1.165) is 19.3 Å². The fourth-order valence-electron chi connectivity index (χ4n) is 4.92. The molecule has 0 spiro atoms. The molecule has 2 aromatic carbocycles. The van der Waals surface area contributed by atoms with Gasteiger partial charge in [0.15, 0.2) is 23.0 Å². The molecule has 1 unspecified atom stereocenters. The number of hydrogen-bond acceptors (Lipinski definition) is 8. The molecule has 210 valence electrons. The van der Waals surface area contributed by atoms with Crippen LogP contribution in [0, 0.1) is 0 Å². The number of carbonyl (C=O) groups excluding carboxylic acids is 2. The summed E-state index contributed by atoms with van der Waals surface area (Å²) in [4.78, 5) is 28.2. The summed E-state index contributed by atoms with van der Waals surface area (Å²) in [6, 6.07) is 12.8. The number of aliphatic hydroxyl groups is 1. The van der Waals surface area contributed by atoms with E-state index in [2.05, 4.69) is 6.92 Å². The summed E-state index contributed by atoms with van der Waals surface area (Å²) < 4.78 is 28.6. The van der Waals surface area contributed by atoms with Crippen molar-refractivity contribution in [2.24, 2.45) is 0 Å². The van der Waals surface area contributed by atoms with Crippen molar-refractivity contribution < 1.29 is 38.1 Å². The summed E-state index contributed by atoms with van der Waals surface area (Å²) in [6.07, 6.45) is 4.57. The Kier molecular flexibility index (Phi) is 8.28. The number of benzene rings is 2. The third-order valence-electron chi connectivity index (χ3n) is 6.85. The van der Waals surface area contributed by atoms with Gasteiger partial charge in [-0.2, -0.15) is 0 Å². The van der Waals surface area contributed by atoms with Gasteiger partial charge >= 0.3 is 0 Å². The molecule has 40 heavy (non-hydrogen) atoms. The predicted octanol–water partition coefficient (Wildman–Crippen LogP) is 5.64. The van der Waals surface area contributed by atoms with E-state index < -0.39 is 17.7 Å². The largest absolute Gasteiger partial charge is 0.507 e. The SMILES string of the molecule is CCCCCOc1ccc(C2/C(=C(/O)c3ccc4c(c3)OCCO4)C(=O)C(=O)N2Cc2ccco2)cc1OCC. The van der Waals surface area contributed by atoms with E-state index >= 15 is 0 Å². The smallest absolute Gasteiger partial charge is 0.296 e. The van der Waals surface area contributed by atoms with Crippen molar-refractivity contribution in [2.75, 3.05) is 26.4 Å². The molecule has 5 rings (SSSR count). The Morgan fingerprint density at radius 1 is 0.975 bits per heavy atom. The zero-order chi connectivity index (χ0) is 28.1. The molecule has 3 heterocycles. The first kappa shape index (κ1) is 27.2. The van der Waals surface area contributed by atoms with Crippen LogP contribution in [-0.4, -0.2) is 48.1 Å². The van der Waals surface area contributed by atoms with Gasteiger partial charge < -0.3 is 33.4 Å². The monoisotopic (exact) mass is 547 g/mol. The number of fused-ring (bicyclic) bond motifs is 1. The lowest BCUT2D eigenvalue weighted by molar-refractivity contribution is -0.140. The molecule has 1 aromatic heterocycles. The maximum atomic E-state index is 13.5. The molecule has 0 bridgehead atoms. The summed E-state index contributed by atoms with van der Waals surface area (Å²) in [5, 5.41) is 11.5. The number of amides is 1. The van der Waals surface area contributed by atoms with Crippen LogP contribution in [0.25, 0.3) is 5.76 Å². The maximum Gasteiger partial charge on any atom is 0.296 e. The van der Waals surface area contributed by atoms with E-state index in [4.69, 9.17) is 23.4 Å². The molecule has 2 aliphatic rings. The average molecular weight is 548 g/mol. The van der Waals surface area contributed by atoms with Gasteiger partial charge in [0.05, 0.1) is 37.6 Å². The van der Waals surface area contributed by atoms with Crippen molar-refractivity contribution in [1.29, 1.82) is 0 Å². The van der Waals surface area contributed by atoms with Gasteiger partial charge in [0, 0.05) is 5.56 Å². The van der Waals surface area contributed by atoms with Crippen LogP contribution < -0.4 is 18.9 Å². The predicted molar refractivity (Wildman–Crippen MR) is 147 cm³/mol. The molecule has 9 nitrogen and oxygen atoms in total. The molecule has 0 saturated carbocycles. The lowest BCUT2D eigenvalue weighted by atomic mass is 9.94. The lowest BCUT2D eigenvalue weighted by Crippen LogP contribution is -2.29. The minimum Gasteiger partial charge on any atom is -0.507 e. The van der Waals surface area contributed by atoms with E-state index in [0.29, 0.717) is 66.3 Å². The van der Waals surface area contributed by atoms with Gasteiger partial charge in [-0.25, -0.2) is 0 Å². The highest BCUT2D eigenvalue weighted by atomic mass is 16.6. The van der Waals surface area contributed by atoms with Crippen LogP contribution in [-0.2, 0) is 16.1 Å². The number of aliphatic hydroxyl groups excluding tert-OH is 1. The Morgan fingerprint density at radius 3 is 2.55 bits per heavy atom. The first-order chi connectivity index (χ1) is 19.5. The first-order valence-electron chi connectivity index (χ1n) is 13.6. The number of hydrogen-bond donors (Lipinski definition) is 1. The lowest BCUT2D eigenvalue weighted by Gasteiger charge is -2.25. The second kappa shape index (κ2) is 12.2. The molecule has 1 N–H and O–H groups in total. The molecule has 2 aliphatic heterocycles. The molecule has 9 heteroatoms. The number of unbranched alkanes of at least 4 members (excludes halogenated alkanes) is 2. The second-order valence-corrected chi connectivity index (χ2v) is 9.56. The Labute approximate surface area is 232 Å². The quantitative estimate of drug-likeness (QED) is 0.142. The number of furan rings is 1. The Hall–Kier alpha value is -4.40. The van der Waals surface area contributed by atoms with Crippen molar-refractivity contribution in [2.45, 2.75) is 45.7 Å². The number of nitrogens with zero attached hydrogens (tertiary/aromatic N) is 1.